The molecule has 0 spiro atoms. The number of nitrogens with two attached hydrogens (primary N) is 1. The zero-order chi connectivity index (χ0) is 13.8. The van der Waals surface area contributed by atoms with E-state index in [0.29, 0.717) is 6.42 Å². The van der Waals surface area contributed by atoms with Crippen LogP contribution in [-0.2, 0) is 11.2 Å². The van der Waals surface area contributed by atoms with E-state index in [2.05, 4.69) is 19.9 Å². The molecule has 0 radical (unpaired) electrons. The van der Waals surface area contributed by atoms with Crippen LogP contribution in [-0.4, -0.2) is 29.9 Å². The molecule has 1 fully saturated rings. The lowest BCUT2D eigenvalue weighted by Crippen LogP contribution is -2.45. The molecule has 0 bridgehead atoms. The van der Waals surface area contributed by atoms with Gasteiger partial charge in [0.1, 0.15) is 0 Å². The first-order valence-electron chi connectivity index (χ1n) is 7.15. The van der Waals surface area contributed by atoms with Crippen LogP contribution in [0, 0.1) is 13.8 Å². The highest BCUT2D eigenvalue weighted by Gasteiger charge is 2.20. The molecule has 1 aliphatic heterocycles. The van der Waals surface area contributed by atoms with Gasteiger partial charge in [-0.25, -0.2) is 0 Å². The van der Waals surface area contributed by atoms with E-state index in [1.807, 2.05) is 16.2 Å². The predicted molar refractivity (Wildman–Crippen MR) is 80.5 cm³/mol. The summed E-state index contributed by atoms with van der Waals surface area (Å²) in [5, 5.41) is 0. The summed E-state index contributed by atoms with van der Waals surface area (Å²) < 4.78 is 0. The number of amides is 1. The van der Waals surface area contributed by atoms with Gasteiger partial charge in [0.05, 0.1) is 0 Å². The molecule has 2 rings (SSSR count). The number of carbonyl (C=O) groups is 1. The monoisotopic (exact) mass is 280 g/mol. The standard InChI is InChI=1S/C15H24N2OS/c1-11-9-13(12(2)19-11)5-3-7-15(18)17-8-4-6-14(16)10-17/h9,14H,3-8,10,16H2,1-2H3. The topological polar surface area (TPSA) is 46.3 Å². The summed E-state index contributed by atoms with van der Waals surface area (Å²) in [6.45, 7) is 5.94. The van der Waals surface area contributed by atoms with Gasteiger partial charge < -0.3 is 10.6 Å². The van der Waals surface area contributed by atoms with Gasteiger partial charge >= 0.3 is 0 Å². The number of rotatable bonds is 4. The first kappa shape index (κ1) is 14.5. The highest BCUT2D eigenvalue weighted by atomic mass is 32.1. The summed E-state index contributed by atoms with van der Waals surface area (Å²) in [4.78, 5) is 16.8. The number of nitrogens with zero attached hydrogens (tertiary/aromatic N) is 1. The highest BCUT2D eigenvalue weighted by Crippen LogP contribution is 2.22. The third kappa shape index (κ3) is 4.05. The van der Waals surface area contributed by atoms with Crippen molar-refractivity contribution in [2.45, 2.75) is 52.0 Å². The molecule has 0 aromatic carbocycles. The fourth-order valence-corrected chi connectivity index (χ4v) is 3.73. The number of likely N-dealkylation sites (tertiary alicyclic amines) is 1. The maximum Gasteiger partial charge on any atom is 0.222 e. The van der Waals surface area contributed by atoms with E-state index in [1.165, 1.54) is 15.3 Å². The second-order valence-corrected chi connectivity index (χ2v) is 6.99. The van der Waals surface area contributed by atoms with Gasteiger partial charge in [-0.1, -0.05) is 0 Å². The molecule has 1 aliphatic rings. The van der Waals surface area contributed by atoms with Crippen LogP contribution in [0.2, 0.25) is 0 Å². The van der Waals surface area contributed by atoms with Gasteiger partial charge in [0.15, 0.2) is 0 Å². The molecule has 4 heteroatoms. The number of carbonyl (C=O) groups excluding carboxylic acids is 1. The van der Waals surface area contributed by atoms with Gasteiger partial charge in [-0.05, 0) is 51.2 Å². The molecule has 1 unspecified atom stereocenters. The van der Waals surface area contributed by atoms with Crippen molar-refractivity contribution in [3.63, 3.8) is 0 Å². The van der Waals surface area contributed by atoms with Crippen molar-refractivity contribution in [3.05, 3.63) is 21.4 Å². The van der Waals surface area contributed by atoms with E-state index in [-0.39, 0.29) is 11.9 Å². The molecule has 19 heavy (non-hydrogen) atoms. The lowest BCUT2D eigenvalue weighted by Gasteiger charge is -2.30. The maximum atomic E-state index is 12.1. The molecule has 0 saturated carbocycles. The Kier molecular flexibility index (Phi) is 4.99. The molecule has 2 heterocycles. The van der Waals surface area contributed by atoms with Crippen LogP contribution in [0.15, 0.2) is 6.07 Å². The van der Waals surface area contributed by atoms with Crippen LogP contribution in [0.25, 0.3) is 0 Å². The average Bonchev–Trinajstić information content (AvgIpc) is 2.68. The third-order valence-electron chi connectivity index (χ3n) is 3.79. The Morgan fingerprint density at radius 3 is 2.95 bits per heavy atom. The van der Waals surface area contributed by atoms with Gasteiger partial charge in [0, 0.05) is 35.3 Å². The molecule has 106 valence electrons. The van der Waals surface area contributed by atoms with E-state index in [0.717, 1.165) is 38.8 Å². The van der Waals surface area contributed by atoms with Gasteiger partial charge in [-0.2, -0.15) is 0 Å². The van der Waals surface area contributed by atoms with E-state index in [4.69, 9.17) is 5.73 Å². The SMILES string of the molecule is Cc1cc(CCCC(=O)N2CCCC(N)C2)c(C)s1. The van der Waals surface area contributed by atoms with Crippen LogP contribution >= 0.6 is 11.3 Å². The molecule has 2 N–H and O–H groups in total. The number of hydrogen-bond acceptors (Lipinski definition) is 3. The fraction of sp³-hybridized carbons (Fsp3) is 0.667. The Labute approximate surface area is 119 Å². The second-order valence-electron chi connectivity index (χ2n) is 5.53. The van der Waals surface area contributed by atoms with E-state index >= 15 is 0 Å². The van der Waals surface area contributed by atoms with Crippen LogP contribution < -0.4 is 5.73 Å². The van der Waals surface area contributed by atoms with Crippen LogP contribution in [0.5, 0.6) is 0 Å². The molecule has 0 aliphatic carbocycles. The zero-order valence-corrected chi connectivity index (χ0v) is 12.8. The summed E-state index contributed by atoms with van der Waals surface area (Å²) in [6.07, 6.45) is 4.72. The van der Waals surface area contributed by atoms with Crippen molar-refractivity contribution in [3.8, 4) is 0 Å². The van der Waals surface area contributed by atoms with Crippen LogP contribution in [0.4, 0.5) is 0 Å². The Balaban J connectivity index is 1.76. The van der Waals surface area contributed by atoms with Crippen molar-refractivity contribution in [1.82, 2.24) is 4.90 Å². The van der Waals surface area contributed by atoms with Gasteiger partial charge in [-0.3, -0.25) is 4.79 Å². The Bertz CT molecular complexity index is 441. The van der Waals surface area contributed by atoms with Gasteiger partial charge in [0.25, 0.3) is 0 Å². The van der Waals surface area contributed by atoms with E-state index in [9.17, 15) is 4.79 Å². The Morgan fingerprint density at radius 2 is 2.32 bits per heavy atom. The predicted octanol–water partition coefficient (Wildman–Crippen LogP) is 2.64. The quantitative estimate of drug-likeness (QED) is 0.921. The minimum absolute atomic E-state index is 0.180. The smallest absolute Gasteiger partial charge is 0.222 e. The fourth-order valence-electron chi connectivity index (χ4n) is 2.76. The van der Waals surface area contributed by atoms with Gasteiger partial charge in [-0.15, -0.1) is 11.3 Å². The normalized spacial score (nSPS) is 19.7. The molecule has 1 saturated heterocycles. The minimum atomic E-state index is 0.180. The first-order valence-corrected chi connectivity index (χ1v) is 7.97. The number of thiophene rings is 1. The molecule has 1 amide bonds. The number of hydrogen-bond donors (Lipinski definition) is 1. The molecule has 1 atom stereocenters. The third-order valence-corrected chi connectivity index (χ3v) is 4.80. The number of piperidine rings is 1. The number of aryl methyl sites for hydroxylation is 3. The van der Waals surface area contributed by atoms with Crippen LogP contribution in [0.3, 0.4) is 0 Å². The summed E-state index contributed by atoms with van der Waals surface area (Å²) in [5.74, 6) is 0.278. The van der Waals surface area contributed by atoms with E-state index in [1.54, 1.807) is 0 Å². The highest BCUT2D eigenvalue weighted by molar-refractivity contribution is 7.12. The summed E-state index contributed by atoms with van der Waals surface area (Å²) >= 11 is 1.84. The van der Waals surface area contributed by atoms with Crippen molar-refractivity contribution in [2.75, 3.05) is 13.1 Å². The Hall–Kier alpha value is -0.870. The maximum absolute atomic E-state index is 12.1. The average molecular weight is 280 g/mol. The lowest BCUT2D eigenvalue weighted by atomic mass is 10.0. The Morgan fingerprint density at radius 1 is 1.53 bits per heavy atom. The van der Waals surface area contributed by atoms with Crippen molar-refractivity contribution >= 4 is 17.2 Å². The second kappa shape index (κ2) is 6.53. The van der Waals surface area contributed by atoms with Crippen LogP contribution in [0.1, 0.15) is 41.0 Å². The molecule has 1 aromatic heterocycles. The summed E-state index contributed by atoms with van der Waals surface area (Å²) in [6, 6.07) is 2.43. The summed E-state index contributed by atoms with van der Waals surface area (Å²) in [7, 11) is 0. The molecular weight excluding hydrogens is 256 g/mol. The summed E-state index contributed by atoms with van der Waals surface area (Å²) in [5.41, 5.74) is 7.32. The minimum Gasteiger partial charge on any atom is -0.341 e. The van der Waals surface area contributed by atoms with Crippen molar-refractivity contribution in [2.24, 2.45) is 5.73 Å². The largest absolute Gasteiger partial charge is 0.341 e. The van der Waals surface area contributed by atoms with Crippen molar-refractivity contribution < 1.29 is 4.79 Å². The first-order chi connectivity index (χ1) is 9.06. The van der Waals surface area contributed by atoms with E-state index < -0.39 is 0 Å². The van der Waals surface area contributed by atoms with Gasteiger partial charge in [0.2, 0.25) is 5.91 Å². The molecule has 1 aromatic rings. The lowest BCUT2D eigenvalue weighted by molar-refractivity contribution is -0.132. The molecular formula is C15H24N2OS. The van der Waals surface area contributed by atoms with Crippen molar-refractivity contribution in [1.29, 1.82) is 0 Å². The molecule has 3 nitrogen and oxygen atoms in total. The zero-order valence-electron chi connectivity index (χ0n) is 11.9.